The number of hydrogen-bond donors (Lipinski definition) is 2. The molecule has 1 amide bonds. The first-order valence-corrected chi connectivity index (χ1v) is 6.40. The van der Waals surface area contributed by atoms with Gasteiger partial charge in [0.05, 0.1) is 19.0 Å². The summed E-state index contributed by atoms with van der Waals surface area (Å²) >= 11 is 5.85. The third-order valence-corrected chi connectivity index (χ3v) is 3.64. The molecule has 0 saturated carbocycles. The summed E-state index contributed by atoms with van der Waals surface area (Å²) in [7, 11) is 0. The Hall–Kier alpha value is -1.06. The summed E-state index contributed by atoms with van der Waals surface area (Å²) in [6.45, 7) is 2.92. The van der Waals surface area contributed by atoms with Gasteiger partial charge in [0.15, 0.2) is 0 Å². The van der Waals surface area contributed by atoms with Crippen LogP contribution in [0.5, 0.6) is 0 Å². The molecule has 1 saturated heterocycles. The molecule has 1 aromatic rings. The fraction of sp³-hybridized carbons (Fsp3) is 0.462. The van der Waals surface area contributed by atoms with Crippen molar-refractivity contribution in [2.24, 2.45) is 11.7 Å². The van der Waals surface area contributed by atoms with Crippen LogP contribution in [0.15, 0.2) is 24.3 Å². The monoisotopic (exact) mass is 253 g/mol. The van der Waals surface area contributed by atoms with E-state index in [1.807, 2.05) is 24.3 Å². The van der Waals surface area contributed by atoms with Crippen molar-refractivity contribution >= 4 is 17.5 Å². The van der Waals surface area contributed by atoms with Crippen LogP contribution in [0.1, 0.15) is 18.4 Å². The molecular formula is C13H18ClN2O+. The van der Waals surface area contributed by atoms with Gasteiger partial charge >= 0.3 is 0 Å². The van der Waals surface area contributed by atoms with Gasteiger partial charge < -0.3 is 10.6 Å². The highest BCUT2D eigenvalue weighted by atomic mass is 35.5. The highest BCUT2D eigenvalue weighted by molar-refractivity contribution is 6.30. The second-order valence-electron chi connectivity index (χ2n) is 4.75. The molecule has 1 unspecified atom stereocenters. The van der Waals surface area contributed by atoms with Crippen molar-refractivity contribution in [1.29, 1.82) is 0 Å². The van der Waals surface area contributed by atoms with E-state index >= 15 is 0 Å². The lowest BCUT2D eigenvalue weighted by molar-refractivity contribution is -0.921. The van der Waals surface area contributed by atoms with Gasteiger partial charge in [0.25, 0.3) is 0 Å². The second kappa shape index (κ2) is 5.52. The summed E-state index contributed by atoms with van der Waals surface area (Å²) < 4.78 is 0. The maximum absolute atomic E-state index is 11.2. The quantitative estimate of drug-likeness (QED) is 0.815. The Labute approximate surface area is 107 Å². The number of likely N-dealkylation sites (tertiary alicyclic amines) is 1. The van der Waals surface area contributed by atoms with E-state index in [4.69, 9.17) is 17.3 Å². The molecule has 0 bridgehead atoms. The lowest BCUT2D eigenvalue weighted by Gasteiger charge is -2.28. The topological polar surface area (TPSA) is 47.5 Å². The second-order valence-corrected chi connectivity index (χ2v) is 5.19. The molecule has 1 aromatic carbocycles. The summed E-state index contributed by atoms with van der Waals surface area (Å²) in [5.74, 6) is -0.107. The highest BCUT2D eigenvalue weighted by Crippen LogP contribution is 2.10. The molecule has 0 aromatic heterocycles. The third kappa shape index (κ3) is 3.45. The van der Waals surface area contributed by atoms with Gasteiger partial charge in [-0.05, 0) is 25.0 Å². The minimum absolute atomic E-state index is 0.0473. The Morgan fingerprint density at radius 1 is 1.41 bits per heavy atom. The summed E-state index contributed by atoms with van der Waals surface area (Å²) in [6.07, 6.45) is 2.02. The normalized spacial score (nSPS) is 24.5. The maximum atomic E-state index is 11.2. The summed E-state index contributed by atoms with van der Waals surface area (Å²) in [6, 6.07) is 7.91. The van der Waals surface area contributed by atoms with Gasteiger partial charge in [-0.25, -0.2) is 0 Å². The third-order valence-electron chi connectivity index (χ3n) is 3.39. The molecule has 0 spiro atoms. The van der Waals surface area contributed by atoms with Crippen LogP contribution in [0, 0.1) is 5.92 Å². The largest absolute Gasteiger partial charge is 0.369 e. The summed E-state index contributed by atoms with van der Waals surface area (Å²) in [5.41, 5.74) is 6.63. The number of nitrogens with one attached hydrogen (secondary N) is 1. The predicted molar refractivity (Wildman–Crippen MR) is 67.8 cm³/mol. The number of amides is 1. The number of benzene rings is 1. The zero-order chi connectivity index (χ0) is 12.3. The van der Waals surface area contributed by atoms with Gasteiger partial charge in [-0.3, -0.25) is 4.79 Å². The first kappa shape index (κ1) is 12.4. The van der Waals surface area contributed by atoms with E-state index in [-0.39, 0.29) is 11.8 Å². The minimum Gasteiger partial charge on any atom is -0.369 e. The van der Waals surface area contributed by atoms with Crippen molar-refractivity contribution in [3.8, 4) is 0 Å². The van der Waals surface area contributed by atoms with Gasteiger partial charge in [0, 0.05) is 10.6 Å². The Bertz CT molecular complexity index is 391. The molecule has 3 nitrogen and oxygen atoms in total. The number of nitrogens with two attached hydrogens (primary N) is 1. The van der Waals surface area contributed by atoms with Crippen molar-refractivity contribution in [3.05, 3.63) is 34.9 Å². The lowest BCUT2D eigenvalue weighted by atomic mass is 9.97. The van der Waals surface area contributed by atoms with Crippen molar-refractivity contribution in [2.75, 3.05) is 13.1 Å². The first-order chi connectivity index (χ1) is 8.15. The number of carbonyl (C=O) groups is 1. The van der Waals surface area contributed by atoms with E-state index in [1.54, 1.807) is 0 Å². The number of carbonyl (C=O) groups excluding carboxylic acids is 1. The van der Waals surface area contributed by atoms with E-state index in [0.29, 0.717) is 0 Å². The van der Waals surface area contributed by atoms with Crippen LogP contribution in [0.25, 0.3) is 0 Å². The predicted octanol–water partition coefficient (Wildman–Crippen LogP) is 0.620. The SMILES string of the molecule is NC(=O)[C@H]1CCC[NH+](Cc2ccc(Cl)cc2)C1. The van der Waals surface area contributed by atoms with Gasteiger partial charge in [0.1, 0.15) is 6.54 Å². The molecule has 0 aliphatic carbocycles. The Morgan fingerprint density at radius 2 is 2.12 bits per heavy atom. The maximum Gasteiger partial charge on any atom is 0.226 e. The Morgan fingerprint density at radius 3 is 2.76 bits per heavy atom. The van der Waals surface area contributed by atoms with E-state index in [0.717, 1.165) is 37.5 Å². The van der Waals surface area contributed by atoms with Crippen LogP contribution >= 0.6 is 11.6 Å². The fourth-order valence-corrected chi connectivity index (χ4v) is 2.57. The molecule has 1 fully saturated rings. The van der Waals surface area contributed by atoms with Gasteiger partial charge in [-0.15, -0.1) is 0 Å². The molecule has 4 heteroatoms. The summed E-state index contributed by atoms with van der Waals surface area (Å²) in [5, 5.41) is 0.761. The van der Waals surface area contributed by atoms with E-state index < -0.39 is 0 Å². The zero-order valence-corrected chi connectivity index (χ0v) is 10.5. The average Bonchev–Trinajstić information content (AvgIpc) is 2.32. The standard InChI is InChI=1S/C13H17ClN2O/c14-12-5-3-10(4-6-12)8-16-7-1-2-11(9-16)13(15)17/h3-6,11H,1-2,7-9H2,(H2,15,17)/p+1/t11-/m0/s1. The molecule has 0 radical (unpaired) electrons. The molecule has 3 N–H and O–H groups in total. The zero-order valence-electron chi connectivity index (χ0n) is 9.79. The molecule has 1 aliphatic rings. The van der Waals surface area contributed by atoms with Crippen molar-refractivity contribution < 1.29 is 9.69 Å². The van der Waals surface area contributed by atoms with E-state index in [2.05, 4.69) is 0 Å². The van der Waals surface area contributed by atoms with Gasteiger partial charge in [0.2, 0.25) is 5.91 Å². The fourth-order valence-electron chi connectivity index (χ4n) is 2.45. The first-order valence-electron chi connectivity index (χ1n) is 6.02. The molecule has 92 valence electrons. The smallest absolute Gasteiger partial charge is 0.226 e. The van der Waals surface area contributed by atoms with Crippen LogP contribution in [0.3, 0.4) is 0 Å². The van der Waals surface area contributed by atoms with Crippen LogP contribution in [0.4, 0.5) is 0 Å². The van der Waals surface area contributed by atoms with Crippen LogP contribution in [0.2, 0.25) is 5.02 Å². The highest BCUT2D eigenvalue weighted by Gasteiger charge is 2.26. The molecule has 2 rings (SSSR count). The van der Waals surface area contributed by atoms with E-state index in [9.17, 15) is 4.79 Å². The molecule has 1 heterocycles. The lowest BCUT2D eigenvalue weighted by Crippen LogP contribution is -3.12. The minimum atomic E-state index is -0.154. The number of hydrogen-bond acceptors (Lipinski definition) is 1. The number of halogens is 1. The average molecular weight is 254 g/mol. The number of rotatable bonds is 3. The number of quaternary nitrogens is 1. The van der Waals surface area contributed by atoms with Crippen LogP contribution in [-0.2, 0) is 11.3 Å². The summed E-state index contributed by atoms with van der Waals surface area (Å²) in [4.78, 5) is 12.6. The molecule has 2 atom stereocenters. The van der Waals surface area contributed by atoms with Crippen LogP contribution < -0.4 is 10.6 Å². The van der Waals surface area contributed by atoms with Crippen LogP contribution in [-0.4, -0.2) is 19.0 Å². The van der Waals surface area contributed by atoms with Gasteiger partial charge in [-0.1, -0.05) is 23.7 Å². The van der Waals surface area contributed by atoms with Gasteiger partial charge in [-0.2, -0.15) is 0 Å². The van der Waals surface area contributed by atoms with Crippen molar-refractivity contribution in [1.82, 2.24) is 0 Å². The Balaban J connectivity index is 1.94. The Kier molecular flexibility index (Phi) is 4.02. The number of primary amides is 1. The number of piperidine rings is 1. The molecule has 17 heavy (non-hydrogen) atoms. The molecule has 1 aliphatic heterocycles. The van der Waals surface area contributed by atoms with Crippen molar-refractivity contribution in [2.45, 2.75) is 19.4 Å². The van der Waals surface area contributed by atoms with Crippen molar-refractivity contribution in [3.63, 3.8) is 0 Å². The molecular weight excluding hydrogens is 236 g/mol. The van der Waals surface area contributed by atoms with E-state index in [1.165, 1.54) is 10.5 Å².